The number of amides is 1. The molecule has 1 N–H and O–H groups in total. The quantitative estimate of drug-likeness (QED) is 0.417. The molecule has 142 valence electrons. The molecule has 0 spiro atoms. The average molecular weight is 370 g/mol. The summed E-state index contributed by atoms with van der Waals surface area (Å²) in [5.74, 6) is 0.387. The molecule has 1 amide bonds. The van der Waals surface area contributed by atoms with Crippen LogP contribution in [0.15, 0.2) is 53.6 Å². The Bertz CT molecular complexity index is 787. The van der Waals surface area contributed by atoms with Gasteiger partial charge in [0.25, 0.3) is 5.91 Å². The number of esters is 1. The normalized spacial score (nSPS) is 10.4. The first-order valence-corrected chi connectivity index (χ1v) is 8.48. The fourth-order valence-corrected chi connectivity index (χ4v) is 2.05. The van der Waals surface area contributed by atoms with E-state index in [2.05, 4.69) is 10.5 Å². The lowest BCUT2D eigenvalue weighted by atomic mass is 10.2. The highest BCUT2D eigenvalue weighted by Gasteiger charge is 2.07. The standard InChI is InChI=1S/C20H22N2O5/c1-3-11-26-20(24)16-7-9-17(10-8-16)27-14-19(23)22-21-13-15-5-4-6-18(12-15)25-2/h4-10,12-13H,3,11,14H2,1-2H3,(H,22,23). The molecule has 2 aromatic rings. The molecule has 7 nitrogen and oxygen atoms in total. The first-order chi connectivity index (χ1) is 13.1. The van der Waals surface area contributed by atoms with E-state index in [9.17, 15) is 9.59 Å². The van der Waals surface area contributed by atoms with Crippen molar-refractivity contribution in [2.45, 2.75) is 13.3 Å². The van der Waals surface area contributed by atoms with Gasteiger partial charge >= 0.3 is 5.97 Å². The van der Waals surface area contributed by atoms with Crippen LogP contribution in [0.2, 0.25) is 0 Å². The van der Waals surface area contributed by atoms with Crippen molar-refractivity contribution < 1.29 is 23.8 Å². The number of hydrazone groups is 1. The van der Waals surface area contributed by atoms with Crippen molar-refractivity contribution in [2.24, 2.45) is 5.10 Å². The van der Waals surface area contributed by atoms with Crippen molar-refractivity contribution in [1.29, 1.82) is 0 Å². The summed E-state index contributed by atoms with van der Waals surface area (Å²) in [6, 6.07) is 13.7. The van der Waals surface area contributed by atoms with Crippen LogP contribution in [0.25, 0.3) is 0 Å². The molecular formula is C20H22N2O5. The molecule has 0 aliphatic rings. The monoisotopic (exact) mass is 370 g/mol. The number of hydrogen-bond donors (Lipinski definition) is 1. The minimum absolute atomic E-state index is 0.199. The van der Waals surface area contributed by atoms with Crippen LogP contribution in [-0.2, 0) is 9.53 Å². The number of benzene rings is 2. The number of methoxy groups -OCH3 is 1. The fourth-order valence-electron chi connectivity index (χ4n) is 2.05. The van der Waals surface area contributed by atoms with Gasteiger partial charge in [0.15, 0.2) is 6.61 Å². The van der Waals surface area contributed by atoms with Gasteiger partial charge in [-0.05, 0) is 48.4 Å². The highest BCUT2D eigenvalue weighted by Crippen LogP contribution is 2.13. The summed E-state index contributed by atoms with van der Waals surface area (Å²) >= 11 is 0. The summed E-state index contributed by atoms with van der Waals surface area (Å²) in [5, 5.41) is 3.87. The fraction of sp³-hybridized carbons (Fsp3) is 0.250. The molecule has 7 heteroatoms. The predicted molar refractivity (Wildman–Crippen MR) is 101 cm³/mol. The van der Waals surface area contributed by atoms with E-state index in [0.717, 1.165) is 12.0 Å². The van der Waals surface area contributed by atoms with E-state index in [-0.39, 0.29) is 12.6 Å². The number of carbonyl (C=O) groups is 2. The van der Waals surface area contributed by atoms with Crippen LogP contribution in [0.3, 0.4) is 0 Å². The molecular weight excluding hydrogens is 348 g/mol. The van der Waals surface area contributed by atoms with E-state index in [1.165, 1.54) is 6.21 Å². The number of rotatable bonds is 9. The van der Waals surface area contributed by atoms with Gasteiger partial charge in [-0.1, -0.05) is 19.1 Å². The molecule has 0 aliphatic carbocycles. The Hall–Kier alpha value is -3.35. The zero-order chi connectivity index (χ0) is 19.5. The first-order valence-electron chi connectivity index (χ1n) is 8.48. The molecule has 0 heterocycles. The summed E-state index contributed by atoms with van der Waals surface area (Å²) in [6.45, 7) is 2.11. The van der Waals surface area contributed by atoms with Crippen molar-refractivity contribution >= 4 is 18.1 Å². The summed E-state index contributed by atoms with van der Waals surface area (Å²) in [4.78, 5) is 23.5. The van der Waals surface area contributed by atoms with E-state index in [1.807, 2.05) is 25.1 Å². The third-order valence-electron chi connectivity index (χ3n) is 3.39. The van der Waals surface area contributed by atoms with Gasteiger partial charge in [0.05, 0.1) is 25.5 Å². The van der Waals surface area contributed by atoms with Crippen molar-refractivity contribution in [3.8, 4) is 11.5 Å². The number of ether oxygens (including phenoxy) is 3. The SMILES string of the molecule is CCCOC(=O)c1ccc(OCC(=O)NN=Cc2cccc(OC)c2)cc1. The number of nitrogens with one attached hydrogen (secondary N) is 1. The van der Waals surface area contributed by atoms with Crippen LogP contribution in [0.4, 0.5) is 0 Å². The van der Waals surface area contributed by atoms with Gasteiger partial charge in [-0.3, -0.25) is 4.79 Å². The van der Waals surface area contributed by atoms with Crippen LogP contribution in [0.5, 0.6) is 11.5 Å². The molecule has 0 unspecified atom stereocenters. The first kappa shape index (κ1) is 20.0. The second-order valence-electron chi connectivity index (χ2n) is 5.52. The highest BCUT2D eigenvalue weighted by molar-refractivity contribution is 5.89. The highest BCUT2D eigenvalue weighted by atomic mass is 16.5. The van der Waals surface area contributed by atoms with Crippen molar-refractivity contribution in [3.05, 3.63) is 59.7 Å². The topological polar surface area (TPSA) is 86.2 Å². The smallest absolute Gasteiger partial charge is 0.338 e. The van der Waals surface area contributed by atoms with Crippen molar-refractivity contribution in [3.63, 3.8) is 0 Å². The van der Waals surface area contributed by atoms with Crippen LogP contribution in [0.1, 0.15) is 29.3 Å². The van der Waals surface area contributed by atoms with Gasteiger partial charge in [-0.25, -0.2) is 10.2 Å². The molecule has 0 saturated carbocycles. The van der Waals surface area contributed by atoms with Crippen LogP contribution in [0, 0.1) is 0 Å². The molecule has 0 radical (unpaired) electrons. The van der Waals surface area contributed by atoms with E-state index in [0.29, 0.717) is 23.7 Å². The number of nitrogens with zero attached hydrogens (tertiary/aromatic N) is 1. The Morgan fingerprint density at radius 2 is 1.89 bits per heavy atom. The van der Waals surface area contributed by atoms with Gasteiger partial charge < -0.3 is 14.2 Å². The van der Waals surface area contributed by atoms with Crippen molar-refractivity contribution in [1.82, 2.24) is 5.43 Å². The van der Waals surface area contributed by atoms with E-state index >= 15 is 0 Å². The molecule has 0 saturated heterocycles. The van der Waals surface area contributed by atoms with Gasteiger partial charge in [-0.2, -0.15) is 5.10 Å². The maximum Gasteiger partial charge on any atom is 0.338 e. The zero-order valence-corrected chi connectivity index (χ0v) is 15.3. The maximum absolute atomic E-state index is 11.8. The predicted octanol–water partition coefficient (Wildman–Crippen LogP) is 2.79. The van der Waals surface area contributed by atoms with Crippen LogP contribution >= 0.6 is 0 Å². The Morgan fingerprint density at radius 1 is 1.11 bits per heavy atom. The maximum atomic E-state index is 11.8. The second-order valence-corrected chi connectivity index (χ2v) is 5.52. The largest absolute Gasteiger partial charge is 0.497 e. The van der Waals surface area contributed by atoms with Gasteiger partial charge in [0, 0.05) is 0 Å². The molecule has 0 aliphatic heterocycles. The summed E-state index contributed by atoms with van der Waals surface area (Å²) in [7, 11) is 1.58. The Labute approximate surface area is 157 Å². The third-order valence-corrected chi connectivity index (χ3v) is 3.39. The lowest BCUT2D eigenvalue weighted by Gasteiger charge is -2.06. The molecule has 2 aromatic carbocycles. The Balaban J connectivity index is 1.78. The summed E-state index contributed by atoms with van der Waals surface area (Å²) in [6.07, 6.45) is 2.28. The molecule has 0 aromatic heterocycles. The van der Waals surface area contributed by atoms with E-state index in [1.54, 1.807) is 37.4 Å². The molecule has 2 rings (SSSR count). The van der Waals surface area contributed by atoms with E-state index < -0.39 is 5.91 Å². The summed E-state index contributed by atoms with van der Waals surface area (Å²) < 4.78 is 15.5. The van der Waals surface area contributed by atoms with Gasteiger partial charge in [0.1, 0.15) is 11.5 Å². The second kappa shape index (κ2) is 10.6. The molecule has 0 atom stereocenters. The van der Waals surface area contributed by atoms with Crippen molar-refractivity contribution in [2.75, 3.05) is 20.3 Å². The van der Waals surface area contributed by atoms with Gasteiger partial charge in [0.2, 0.25) is 0 Å². The van der Waals surface area contributed by atoms with E-state index in [4.69, 9.17) is 14.2 Å². The molecule has 0 bridgehead atoms. The van der Waals surface area contributed by atoms with Crippen LogP contribution in [-0.4, -0.2) is 38.4 Å². The van der Waals surface area contributed by atoms with Gasteiger partial charge in [-0.15, -0.1) is 0 Å². The summed E-state index contributed by atoms with van der Waals surface area (Å²) in [5.41, 5.74) is 3.61. The minimum Gasteiger partial charge on any atom is -0.497 e. The number of hydrogen-bond acceptors (Lipinski definition) is 6. The number of carbonyl (C=O) groups excluding carboxylic acids is 2. The minimum atomic E-state index is -0.402. The zero-order valence-electron chi connectivity index (χ0n) is 15.3. The Kier molecular flexibility index (Phi) is 7.84. The average Bonchev–Trinajstić information content (AvgIpc) is 2.71. The lowest BCUT2D eigenvalue weighted by Crippen LogP contribution is -2.24. The Morgan fingerprint density at radius 3 is 2.59 bits per heavy atom. The molecule has 0 fully saturated rings. The third kappa shape index (κ3) is 6.81. The van der Waals surface area contributed by atoms with Crippen LogP contribution < -0.4 is 14.9 Å². The lowest BCUT2D eigenvalue weighted by molar-refractivity contribution is -0.123. The molecule has 27 heavy (non-hydrogen) atoms.